The summed E-state index contributed by atoms with van der Waals surface area (Å²) in [5, 5.41) is 2.93. The van der Waals surface area contributed by atoms with Crippen LogP contribution >= 0.6 is 0 Å². The minimum atomic E-state index is -4.48. The lowest BCUT2D eigenvalue weighted by Crippen LogP contribution is -2.44. The quantitative estimate of drug-likeness (QED) is 0.647. The van der Waals surface area contributed by atoms with Gasteiger partial charge in [-0.3, -0.25) is 18.7 Å². The lowest BCUT2D eigenvalue weighted by molar-refractivity contribution is -0.137. The van der Waals surface area contributed by atoms with Gasteiger partial charge in [-0.05, 0) is 43.2 Å². The van der Waals surface area contributed by atoms with Gasteiger partial charge in [0.15, 0.2) is 0 Å². The van der Waals surface area contributed by atoms with E-state index in [0.29, 0.717) is 10.9 Å². The Morgan fingerprint density at radius 2 is 1.77 bits per heavy atom. The summed E-state index contributed by atoms with van der Waals surface area (Å²) in [5.41, 5.74) is -1.22. The molecule has 1 aromatic heterocycles. The molecule has 0 saturated heterocycles. The number of rotatable bonds is 6. The van der Waals surface area contributed by atoms with E-state index >= 15 is 0 Å². The van der Waals surface area contributed by atoms with Crippen molar-refractivity contribution in [3.8, 4) is 0 Å². The summed E-state index contributed by atoms with van der Waals surface area (Å²) >= 11 is 0. The molecule has 6 nitrogen and oxygen atoms in total. The first-order valence-electron chi connectivity index (χ1n) is 9.87. The summed E-state index contributed by atoms with van der Waals surface area (Å²) in [4.78, 5) is 38.5. The third-order valence-electron chi connectivity index (χ3n) is 5.11. The van der Waals surface area contributed by atoms with Gasteiger partial charge >= 0.3 is 11.9 Å². The van der Waals surface area contributed by atoms with Crippen molar-refractivity contribution in [3.63, 3.8) is 0 Å². The molecule has 1 amide bonds. The van der Waals surface area contributed by atoms with Crippen LogP contribution in [0.3, 0.4) is 0 Å². The average molecular weight is 433 g/mol. The van der Waals surface area contributed by atoms with E-state index in [4.69, 9.17) is 0 Å². The molecule has 0 saturated carbocycles. The first-order valence-corrected chi connectivity index (χ1v) is 9.87. The molecule has 1 N–H and O–H groups in total. The van der Waals surface area contributed by atoms with Gasteiger partial charge in [-0.25, -0.2) is 4.79 Å². The highest BCUT2D eigenvalue weighted by Crippen LogP contribution is 2.29. The molecule has 0 spiro atoms. The van der Waals surface area contributed by atoms with Gasteiger partial charge in [0.1, 0.15) is 6.04 Å². The van der Waals surface area contributed by atoms with E-state index in [1.54, 1.807) is 38.1 Å². The zero-order valence-electron chi connectivity index (χ0n) is 17.1. The third kappa shape index (κ3) is 4.40. The fraction of sp³-hybridized carbons (Fsp3) is 0.318. The van der Waals surface area contributed by atoms with E-state index in [9.17, 15) is 27.6 Å². The SMILES string of the molecule is CCC(C(=O)NCc1cccc(C(F)(F)F)c1)n1c(=O)n(CC)c(=O)c2ccccc21. The summed E-state index contributed by atoms with van der Waals surface area (Å²) in [6.45, 7) is 3.40. The molecule has 3 rings (SSSR count). The van der Waals surface area contributed by atoms with Gasteiger partial charge < -0.3 is 5.32 Å². The smallest absolute Gasteiger partial charge is 0.350 e. The number of halogens is 3. The second-order valence-corrected chi connectivity index (χ2v) is 7.06. The number of amides is 1. The Bertz CT molecular complexity index is 1230. The van der Waals surface area contributed by atoms with Crippen LogP contribution in [0.15, 0.2) is 58.1 Å². The monoisotopic (exact) mass is 433 g/mol. The highest BCUT2D eigenvalue weighted by Gasteiger charge is 2.30. The van der Waals surface area contributed by atoms with Crippen LogP contribution in [0, 0.1) is 0 Å². The van der Waals surface area contributed by atoms with Crippen molar-refractivity contribution < 1.29 is 18.0 Å². The predicted octanol–water partition coefficient (Wildman–Crippen LogP) is 3.47. The number of hydrogen-bond acceptors (Lipinski definition) is 3. The van der Waals surface area contributed by atoms with Crippen molar-refractivity contribution in [2.75, 3.05) is 0 Å². The van der Waals surface area contributed by atoms with Crippen LogP contribution in [0.4, 0.5) is 13.2 Å². The molecule has 1 atom stereocenters. The van der Waals surface area contributed by atoms with E-state index in [1.165, 1.54) is 16.7 Å². The molecule has 31 heavy (non-hydrogen) atoms. The van der Waals surface area contributed by atoms with Crippen molar-refractivity contribution in [1.29, 1.82) is 0 Å². The largest absolute Gasteiger partial charge is 0.416 e. The Labute approximate surface area is 175 Å². The highest BCUT2D eigenvalue weighted by atomic mass is 19.4. The second-order valence-electron chi connectivity index (χ2n) is 7.06. The van der Waals surface area contributed by atoms with Crippen LogP contribution in [0.25, 0.3) is 10.9 Å². The molecule has 1 heterocycles. The number of fused-ring (bicyclic) bond motifs is 1. The van der Waals surface area contributed by atoms with Crippen LogP contribution in [0.1, 0.15) is 37.4 Å². The molecule has 9 heteroatoms. The Balaban J connectivity index is 1.96. The first kappa shape index (κ1) is 22.3. The van der Waals surface area contributed by atoms with Gasteiger partial charge in [0, 0.05) is 13.1 Å². The molecular formula is C22H22F3N3O3. The van der Waals surface area contributed by atoms with E-state index in [-0.39, 0.29) is 25.1 Å². The van der Waals surface area contributed by atoms with Crippen LogP contribution in [-0.4, -0.2) is 15.0 Å². The van der Waals surface area contributed by atoms with Crippen LogP contribution < -0.4 is 16.6 Å². The summed E-state index contributed by atoms with van der Waals surface area (Å²) in [6.07, 6.45) is -4.23. The number of alkyl halides is 3. The van der Waals surface area contributed by atoms with Crippen LogP contribution in [-0.2, 0) is 24.1 Å². The predicted molar refractivity (Wildman–Crippen MR) is 111 cm³/mol. The summed E-state index contributed by atoms with van der Waals surface area (Å²) in [5.74, 6) is -0.520. The Kier molecular flexibility index (Phi) is 6.33. The molecule has 0 aliphatic heterocycles. The zero-order valence-corrected chi connectivity index (χ0v) is 17.1. The number of nitrogens with one attached hydrogen (secondary N) is 1. The minimum absolute atomic E-state index is 0.126. The molecule has 3 aromatic rings. The molecular weight excluding hydrogens is 411 g/mol. The molecule has 0 fully saturated rings. The van der Waals surface area contributed by atoms with E-state index in [1.807, 2.05) is 0 Å². The lowest BCUT2D eigenvalue weighted by Gasteiger charge is -2.21. The van der Waals surface area contributed by atoms with Crippen molar-refractivity contribution in [2.45, 2.75) is 45.6 Å². The molecule has 0 bridgehead atoms. The van der Waals surface area contributed by atoms with Crippen molar-refractivity contribution in [1.82, 2.24) is 14.5 Å². The van der Waals surface area contributed by atoms with Crippen molar-refractivity contribution >= 4 is 16.8 Å². The Morgan fingerprint density at radius 3 is 2.42 bits per heavy atom. The summed E-state index contributed by atoms with van der Waals surface area (Å²) in [7, 11) is 0. The summed E-state index contributed by atoms with van der Waals surface area (Å²) in [6, 6.07) is 10.3. The van der Waals surface area contributed by atoms with Gasteiger partial charge in [-0.1, -0.05) is 31.2 Å². The maximum atomic E-state index is 13.0. The number of aromatic nitrogens is 2. The number of carbonyl (C=O) groups excluding carboxylic acids is 1. The second kappa shape index (κ2) is 8.79. The standard InChI is InChI=1S/C22H22F3N3O3/c1-3-17(19(29)26-13-14-8-7-9-15(12-14)22(23,24)25)28-18-11-6-5-10-16(18)20(30)27(4-2)21(28)31/h5-12,17H,3-4,13H2,1-2H3,(H,26,29). The number of hydrogen-bond donors (Lipinski definition) is 1. The summed E-state index contributed by atoms with van der Waals surface area (Å²) < 4.78 is 41.1. The molecule has 0 radical (unpaired) electrons. The van der Waals surface area contributed by atoms with Gasteiger partial charge in [-0.2, -0.15) is 13.2 Å². The van der Waals surface area contributed by atoms with Crippen molar-refractivity contribution in [2.24, 2.45) is 0 Å². The number of para-hydroxylation sites is 1. The van der Waals surface area contributed by atoms with Crippen molar-refractivity contribution in [3.05, 3.63) is 80.5 Å². The maximum Gasteiger partial charge on any atom is 0.416 e. The normalized spacial score (nSPS) is 12.7. The fourth-order valence-electron chi connectivity index (χ4n) is 3.56. The van der Waals surface area contributed by atoms with Crippen LogP contribution in [0.2, 0.25) is 0 Å². The highest BCUT2D eigenvalue weighted by molar-refractivity contribution is 5.84. The minimum Gasteiger partial charge on any atom is -0.350 e. The van der Waals surface area contributed by atoms with Gasteiger partial charge in [0.05, 0.1) is 16.5 Å². The van der Waals surface area contributed by atoms with E-state index < -0.39 is 34.9 Å². The Hall–Kier alpha value is -3.36. The molecule has 0 aliphatic rings. The van der Waals surface area contributed by atoms with E-state index in [2.05, 4.69) is 5.32 Å². The third-order valence-corrected chi connectivity index (χ3v) is 5.11. The van der Waals surface area contributed by atoms with Gasteiger partial charge in [-0.15, -0.1) is 0 Å². The number of benzene rings is 2. The number of nitrogens with zero attached hydrogens (tertiary/aromatic N) is 2. The molecule has 0 aliphatic carbocycles. The van der Waals surface area contributed by atoms with Gasteiger partial charge in [0.2, 0.25) is 5.91 Å². The lowest BCUT2D eigenvalue weighted by atomic mass is 10.1. The Morgan fingerprint density at radius 1 is 1.06 bits per heavy atom. The van der Waals surface area contributed by atoms with Gasteiger partial charge in [0.25, 0.3) is 5.56 Å². The van der Waals surface area contributed by atoms with E-state index in [0.717, 1.165) is 16.7 Å². The number of carbonyl (C=O) groups is 1. The fourth-order valence-corrected chi connectivity index (χ4v) is 3.56. The zero-order chi connectivity index (χ0) is 22.8. The first-order chi connectivity index (χ1) is 14.7. The molecule has 2 aromatic carbocycles. The maximum absolute atomic E-state index is 13.0. The topological polar surface area (TPSA) is 73.1 Å². The molecule has 1 unspecified atom stereocenters. The molecule has 164 valence electrons. The van der Waals surface area contributed by atoms with Crippen LogP contribution in [0.5, 0.6) is 0 Å². The average Bonchev–Trinajstić information content (AvgIpc) is 2.75.